The van der Waals surface area contributed by atoms with Gasteiger partial charge >= 0.3 is 0 Å². The second kappa shape index (κ2) is 11.1. The number of hydrogen-bond acceptors (Lipinski definition) is 2. The van der Waals surface area contributed by atoms with Crippen molar-refractivity contribution in [2.75, 3.05) is 19.6 Å². The average molecular weight is 423 g/mol. The molecular weight excluding hydrogens is 397 g/mol. The Morgan fingerprint density at radius 1 is 0.929 bits per heavy atom. The van der Waals surface area contributed by atoms with Crippen molar-refractivity contribution in [3.05, 3.63) is 69.2 Å². The first-order valence-electron chi connectivity index (χ1n) is 9.34. The summed E-state index contributed by atoms with van der Waals surface area (Å²) in [5.74, 6) is -0.685. The van der Waals surface area contributed by atoms with E-state index in [1.54, 1.807) is 6.07 Å². The van der Waals surface area contributed by atoms with Crippen LogP contribution in [-0.4, -0.2) is 31.4 Å². The van der Waals surface area contributed by atoms with Crippen molar-refractivity contribution in [2.45, 2.75) is 26.9 Å². The van der Waals surface area contributed by atoms with E-state index in [0.717, 1.165) is 25.2 Å². The van der Waals surface area contributed by atoms with Crippen LogP contribution in [0.25, 0.3) is 0 Å². The van der Waals surface area contributed by atoms with Crippen LogP contribution in [0.1, 0.15) is 35.3 Å². The zero-order chi connectivity index (χ0) is 20.5. The van der Waals surface area contributed by atoms with Gasteiger partial charge in [-0.1, -0.05) is 47.5 Å². The largest absolute Gasteiger partial charge is 0.350 e. The van der Waals surface area contributed by atoms with Gasteiger partial charge in [0.15, 0.2) is 0 Å². The lowest BCUT2D eigenvalue weighted by Gasteiger charge is -2.15. The Hall–Kier alpha value is -2.08. The van der Waals surface area contributed by atoms with Crippen molar-refractivity contribution >= 4 is 35.0 Å². The fourth-order valence-electron chi connectivity index (χ4n) is 2.76. The van der Waals surface area contributed by atoms with Gasteiger partial charge in [0.1, 0.15) is 6.54 Å². The lowest BCUT2D eigenvalue weighted by Crippen LogP contribution is -3.10. The van der Waals surface area contributed by atoms with Crippen molar-refractivity contribution in [2.24, 2.45) is 0 Å². The fourth-order valence-corrected chi connectivity index (χ4v) is 3.25. The second-order valence-corrected chi connectivity index (χ2v) is 7.38. The van der Waals surface area contributed by atoms with Crippen molar-refractivity contribution in [1.29, 1.82) is 0 Å². The molecule has 0 saturated heterocycles. The Morgan fingerprint density at radius 2 is 1.57 bits per heavy atom. The molecular formula is C21H26Cl2N3O2+. The summed E-state index contributed by atoms with van der Waals surface area (Å²) < 4.78 is 0. The summed E-state index contributed by atoms with van der Waals surface area (Å²) in [6, 6.07) is 12.8. The maximum Gasteiger partial charge on any atom is 0.253 e. The van der Waals surface area contributed by atoms with Crippen LogP contribution in [0.3, 0.4) is 0 Å². The normalized spacial score (nSPS) is 10.8. The van der Waals surface area contributed by atoms with Crippen molar-refractivity contribution in [3.63, 3.8) is 0 Å². The third-order valence-electron chi connectivity index (χ3n) is 4.55. The summed E-state index contributed by atoms with van der Waals surface area (Å²) in [4.78, 5) is 25.6. The van der Waals surface area contributed by atoms with E-state index >= 15 is 0 Å². The third-order valence-corrected chi connectivity index (χ3v) is 5.10. The number of carbonyl (C=O) groups is 2. The van der Waals surface area contributed by atoms with Crippen molar-refractivity contribution < 1.29 is 14.5 Å². The molecule has 5 nitrogen and oxygen atoms in total. The highest BCUT2D eigenvalue weighted by Gasteiger charge is 2.12. The molecule has 0 aliphatic heterocycles. The molecule has 0 saturated carbocycles. The van der Waals surface area contributed by atoms with E-state index in [1.165, 1.54) is 22.6 Å². The highest BCUT2D eigenvalue weighted by atomic mass is 35.5. The van der Waals surface area contributed by atoms with Gasteiger partial charge in [0, 0.05) is 17.1 Å². The molecule has 0 bridgehead atoms. The smallest absolute Gasteiger partial charge is 0.253 e. The Bertz CT molecular complexity index is 806. The topological polar surface area (TPSA) is 62.6 Å². The Morgan fingerprint density at radius 3 is 2.18 bits per heavy atom. The molecule has 0 heterocycles. The highest BCUT2D eigenvalue weighted by molar-refractivity contribution is 6.36. The molecule has 0 spiro atoms. The van der Waals surface area contributed by atoms with Crippen LogP contribution in [0, 0.1) is 0 Å². The number of halogens is 2. The number of rotatable bonds is 9. The number of nitrogens with one attached hydrogen (secondary N) is 3. The molecule has 7 heteroatoms. The van der Waals surface area contributed by atoms with Gasteiger partial charge in [0.25, 0.3) is 5.91 Å². The molecule has 2 rings (SSSR count). The maximum atomic E-state index is 12.1. The summed E-state index contributed by atoms with van der Waals surface area (Å²) in [5, 5.41) is 6.05. The van der Waals surface area contributed by atoms with E-state index in [2.05, 4.69) is 36.6 Å². The number of quaternary nitrogens is 1. The minimum absolute atomic E-state index is 0.124. The number of carbonyl (C=O) groups excluding carboxylic acids is 2. The Kier molecular flexibility index (Phi) is 8.77. The monoisotopic (exact) mass is 422 g/mol. The van der Waals surface area contributed by atoms with E-state index in [9.17, 15) is 9.59 Å². The van der Waals surface area contributed by atoms with Gasteiger partial charge in [-0.15, -0.1) is 0 Å². The molecule has 2 aromatic rings. The van der Waals surface area contributed by atoms with Crippen molar-refractivity contribution in [1.82, 2.24) is 10.6 Å². The van der Waals surface area contributed by atoms with Gasteiger partial charge in [-0.3, -0.25) is 9.59 Å². The summed E-state index contributed by atoms with van der Waals surface area (Å²) in [6.07, 6.45) is 0. The van der Waals surface area contributed by atoms with Gasteiger partial charge in [0.05, 0.1) is 30.2 Å². The first kappa shape index (κ1) is 22.2. The van der Waals surface area contributed by atoms with Crippen LogP contribution in [0.4, 0.5) is 0 Å². The lowest BCUT2D eigenvalue weighted by atomic mass is 10.1. The first-order chi connectivity index (χ1) is 13.4. The molecule has 28 heavy (non-hydrogen) atoms. The average Bonchev–Trinajstić information content (AvgIpc) is 2.69. The molecule has 0 atom stereocenters. The van der Waals surface area contributed by atoms with Gasteiger partial charge in [-0.2, -0.15) is 0 Å². The van der Waals surface area contributed by atoms with E-state index in [4.69, 9.17) is 23.2 Å². The zero-order valence-electron chi connectivity index (χ0n) is 16.1. The van der Waals surface area contributed by atoms with Crippen LogP contribution in [0.15, 0.2) is 42.5 Å². The van der Waals surface area contributed by atoms with Crippen LogP contribution < -0.4 is 15.5 Å². The maximum absolute atomic E-state index is 12.1. The lowest BCUT2D eigenvalue weighted by molar-refractivity contribution is -0.910. The van der Waals surface area contributed by atoms with Crippen molar-refractivity contribution in [3.8, 4) is 0 Å². The summed E-state index contributed by atoms with van der Waals surface area (Å²) >= 11 is 11.8. The second-order valence-electron chi connectivity index (χ2n) is 6.53. The number of benzene rings is 2. The molecule has 0 aliphatic carbocycles. The van der Waals surface area contributed by atoms with E-state index in [0.29, 0.717) is 11.6 Å². The van der Waals surface area contributed by atoms with Gasteiger partial charge in [-0.05, 0) is 37.6 Å². The Balaban J connectivity index is 1.78. The van der Waals surface area contributed by atoms with Crippen LogP contribution >= 0.6 is 23.2 Å². The third kappa shape index (κ3) is 6.82. The highest BCUT2D eigenvalue weighted by Crippen LogP contribution is 2.20. The zero-order valence-corrected chi connectivity index (χ0v) is 17.7. The summed E-state index contributed by atoms with van der Waals surface area (Å²) in [5.41, 5.74) is 2.57. The summed E-state index contributed by atoms with van der Waals surface area (Å²) in [7, 11) is 0. The molecule has 0 aliphatic rings. The predicted molar refractivity (Wildman–Crippen MR) is 113 cm³/mol. The Labute approximate surface area is 176 Å². The van der Waals surface area contributed by atoms with Crippen LogP contribution in [0.2, 0.25) is 10.0 Å². The SMILES string of the molecule is CC[NH+](CC)Cc1ccc(CNC(=O)CNC(=O)c2ccc(Cl)cc2Cl)cc1. The molecule has 150 valence electrons. The molecule has 3 N–H and O–H groups in total. The molecule has 0 fully saturated rings. The van der Waals surface area contributed by atoms with Gasteiger partial charge in [-0.25, -0.2) is 0 Å². The van der Waals surface area contributed by atoms with Gasteiger partial charge in [0.2, 0.25) is 5.91 Å². The molecule has 0 unspecified atom stereocenters. The molecule has 2 aromatic carbocycles. The molecule has 2 amide bonds. The first-order valence-corrected chi connectivity index (χ1v) is 10.1. The minimum atomic E-state index is -0.417. The van der Waals surface area contributed by atoms with Crippen LogP contribution in [0.5, 0.6) is 0 Å². The quantitative estimate of drug-likeness (QED) is 0.581. The predicted octanol–water partition coefficient (Wildman–Crippen LogP) is 2.46. The number of hydrogen-bond donors (Lipinski definition) is 3. The fraction of sp³-hybridized carbons (Fsp3) is 0.333. The van der Waals surface area contributed by atoms with E-state index < -0.39 is 5.91 Å². The van der Waals surface area contributed by atoms with E-state index in [1.807, 2.05) is 12.1 Å². The minimum Gasteiger partial charge on any atom is -0.350 e. The summed E-state index contributed by atoms with van der Waals surface area (Å²) in [6.45, 7) is 7.85. The molecule has 0 aromatic heterocycles. The van der Waals surface area contributed by atoms with Gasteiger partial charge < -0.3 is 15.5 Å². The van der Waals surface area contributed by atoms with E-state index in [-0.39, 0.29) is 23.0 Å². The molecule has 0 radical (unpaired) electrons. The standard InChI is InChI=1S/C21H25Cl2N3O2/c1-3-26(4-2)14-16-7-5-15(6-8-16)12-24-20(27)13-25-21(28)18-10-9-17(22)11-19(18)23/h5-11H,3-4,12-14H2,1-2H3,(H,24,27)(H,25,28)/p+1. The van der Waals surface area contributed by atoms with Crippen LogP contribution in [-0.2, 0) is 17.9 Å². The number of amides is 2.